The maximum Gasteiger partial charge on any atom is 0.170 e. The Labute approximate surface area is 87.9 Å². The van der Waals surface area contributed by atoms with Gasteiger partial charge in [-0.3, -0.25) is 0 Å². The molecule has 13 heavy (non-hydrogen) atoms. The van der Waals surface area contributed by atoms with Crippen molar-refractivity contribution in [3.63, 3.8) is 0 Å². The molecule has 1 heterocycles. The van der Waals surface area contributed by atoms with Crippen LogP contribution in [0.2, 0.25) is 0 Å². The van der Waals surface area contributed by atoms with Crippen LogP contribution >= 0.6 is 15.9 Å². The van der Waals surface area contributed by atoms with Crippen LogP contribution in [0.4, 0.5) is 0 Å². The first-order valence-electron chi connectivity index (χ1n) is 4.98. The highest BCUT2D eigenvalue weighted by molar-refractivity contribution is 9.09. The second kappa shape index (κ2) is 4.23. The second-order valence-electron chi connectivity index (χ2n) is 3.69. The second-order valence-corrected chi connectivity index (χ2v) is 4.87. The normalized spacial score (nSPS) is 28.7. The third-order valence-electron chi connectivity index (χ3n) is 2.77. The number of pyridine rings is 1. The lowest BCUT2D eigenvalue weighted by Crippen LogP contribution is -2.44. The number of alkyl halides is 1. The third-order valence-corrected chi connectivity index (χ3v) is 3.84. The molecule has 2 heteroatoms. The fourth-order valence-electron chi connectivity index (χ4n) is 2.03. The molecule has 0 aliphatic heterocycles. The first kappa shape index (κ1) is 9.20. The largest absolute Gasteiger partial charge is 0.201 e. The van der Waals surface area contributed by atoms with E-state index >= 15 is 0 Å². The molecule has 2 unspecified atom stereocenters. The van der Waals surface area contributed by atoms with Crippen molar-refractivity contribution in [3.05, 3.63) is 30.6 Å². The lowest BCUT2D eigenvalue weighted by molar-refractivity contribution is -0.724. The standard InChI is InChI=1S/C11H15BrN/c12-10-6-2-3-7-11(10)13-8-4-1-5-9-13/h1,4-5,8-11H,2-3,6-7H2/q+1. The molecule has 0 aromatic carbocycles. The quantitative estimate of drug-likeness (QED) is 0.525. The molecule has 1 aromatic heterocycles. The van der Waals surface area contributed by atoms with E-state index in [1.165, 1.54) is 25.7 Å². The molecule has 0 amide bonds. The van der Waals surface area contributed by atoms with E-state index < -0.39 is 0 Å². The van der Waals surface area contributed by atoms with E-state index in [4.69, 9.17) is 0 Å². The van der Waals surface area contributed by atoms with Gasteiger partial charge in [-0.2, -0.15) is 0 Å². The van der Waals surface area contributed by atoms with Crippen LogP contribution in [-0.4, -0.2) is 4.83 Å². The smallest absolute Gasteiger partial charge is 0.170 e. The summed E-state index contributed by atoms with van der Waals surface area (Å²) < 4.78 is 2.33. The van der Waals surface area contributed by atoms with Crippen molar-refractivity contribution in [1.29, 1.82) is 0 Å². The van der Waals surface area contributed by atoms with Crippen molar-refractivity contribution in [1.82, 2.24) is 0 Å². The van der Waals surface area contributed by atoms with Crippen molar-refractivity contribution in [3.8, 4) is 0 Å². The van der Waals surface area contributed by atoms with E-state index in [0.29, 0.717) is 10.9 Å². The molecule has 2 rings (SSSR count). The zero-order chi connectivity index (χ0) is 9.10. The predicted octanol–water partition coefficient (Wildman–Crippen LogP) is 2.85. The minimum Gasteiger partial charge on any atom is -0.201 e. The molecule has 0 N–H and O–H groups in total. The first-order valence-corrected chi connectivity index (χ1v) is 5.89. The molecule has 70 valence electrons. The number of hydrogen-bond donors (Lipinski definition) is 0. The van der Waals surface area contributed by atoms with Gasteiger partial charge in [0.05, 0.1) is 4.83 Å². The van der Waals surface area contributed by atoms with Gasteiger partial charge in [0.25, 0.3) is 0 Å². The maximum absolute atomic E-state index is 3.77. The predicted molar refractivity (Wildman–Crippen MR) is 56.9 cm³/mol. The summed E-state index contributed by atoms with van der Waals surface area (Å²) in [7, 11) is 0. The van der Waals surface area contributed by atoms with Crippen LogP contribution < -0.4 is 4.57 Å². The van der Waals surface area contributed by atoms with Gasteiger partial charge >= 0.3 is 0 Å². The van der Waals surface area contributed by atoms with Crippen molar-refractivity contribution in [2.24, 2.45) is 0 Å². The number of hydrogen-bond acceptors (Lipinski definition) is 0. The van der Waals surface area contributed by atoms with Gasteiger partial charge in [0.15, 0.2) is 18.4 Å². The topological polar surface area (TPSA) is 3.88 Å². The summed E-state index contributed by atoms with van der Waals surface area (Å²) in [5, 5.41) is 0. The van der Waals surface area contributed by atoms with Gasteiger partial charge in [0.1, 0.15) is 0 Å². The van der Waals surface area contributed by atoms with E-state index in [1.54, 1.807) is 0 Å². The number of rotatable bonds is 1. The van der Waals surface area contributed by atoms with Crippen LogP contribution in [0, 0.1) is 0 Å². The zero-order valence-electron chi connectivity index (χ0n) is 7.70. The number of aromatic nitrogens is 1. The summed E-state index contributed by atoms with van der Waals surface area (Å²) in [5.41, 5.74) is 0. The van der Waals surface area contributed by atoms with Gasteiger partial charge in [-0.15, -0.1) is 0 Å². The molecule has 2 atom stereocenters. The van der Waals surface area contributed by atoms with Crippen molar-refractivity contribution >= 4 is 15.9 Å². The number of nitrogens with zero attached hydrogens (tertiary/aromatic N) is 1. The molecule has 1 aliphatic rings. The van der Waals surface area contributed by atoms with E-state index in [2.05, 4.69) is 51.1 Å². The Balaban J connectivity index is 2.15. The average molecular weight is 241 g/mol. The lowest BCUT2D eigenvalue weighted by atomic mass is 9.95. The van der Waals surface area contributed by atoms with Gasteiger partial charge in [-0.25, -0.2) is 4.57 Å². The summed E-state index contributed by atoms with van der Waals surface area (Å²) in [4.78, 5) is 0.661. The van der Waals surface area contributed by atoms with Crippen molar-refractivity contribution in [2.75, 3.05) is 0 Å². The molecule has 0 radical (unpaired) electrons. The van der Waals surface area contributed by atoms with E-state index in [9.17, 15) is 0 Å². The van der Waals surface area contributed by atoms with Crippen LogP contribution in [0.1, 0.15) is 31.7 Å². The Kier molecular flexibility index (Phi) is 2.99. The Hall–Kier alpha value is -0.370. The summed E-state index contributed by atoms with van der Waals surface area (Å²) >= 11 is 3.77. The maximum atomic E-state index is 3.77. The molecule has 0 bridgehead atoms. The van der Waals surface area contributed by atoms with Gasteiger partial charge < -0.3 is 0 Å². The monoisotopic (exact) mass is 240 g/mol. The first-order chi connectivity index (χ1) is 6.38. The SMILES string of the molecule is BrC1CCCCC1[n+]1ccccc1. The fraction of sp³-hybridized carbons (Fsp3) is 0.545. The minimum absolute atomic E-state index is 0.661. The van der Waals surface area contributed by atoms with E-state index in [1.807, 2.05) is 0 Å². The van der Waals surface area contributed by atoms with Gasteiger partial charge in [-0.1, -0.05) is 28.4 Å². The Bertz CT molecular complexity index is 260. The molecule has 1 saturated carbocycles. The third kappa shape index (κ3) is 2.11. The molecular weight excluding hydrogens is 226 g/mol. The minimum atomic E-state index is 0.661. The van der Waals surface area contributed by atoms with Gasteiger partial charge in [0.2, 0.25) is 0 Å². The van der Waals surface area contributed by atoms with Crippen LogP contribution in [0.15, 0.2) is 30.6 Å². The van der Waals surface area contributed by atoms with Gasteiger partial charge in [0, 0.05) is 18.6 Å². The van der Waals surface area contributed by atoms with Crippen LogP contribution in [0.3, 0.4) is 0 Å². The van der Waals surface area contributed by atoms with Gasteiger partial charge in [-0.05, 0) is 12.8 Å². The highest BCUT2D eigenvalue weighted by Crippen LogP contribution is 2.29. The average Bonchev–Trinajstić information content (AvgIpc) is 2.20. The highest BCUT2D eigenvalue weighted by Gasteiger charge is 2.29. The molecule has 0 spiro atoms. The molecule has 0 saturated heterocycles. The molecule has 1 aliphatic carbocycles. The molecular formula is C11H15BrN+. The fourth-order valence-corrected chi connectivity index (χ4v) is 2.90. The highest BCUT2D eigenvalue weighted by atomic mass is 79.9. The summed E-state index contributed by atoms with van der Waals surface area (Å²) in [5.74, 6) is 0. The van der Waals surface area contributed by atoms with Crippen LogP contribution in [-0.2, 0) is 0 Å². The van der Waals surface area contributed by atoms with E-state index in [0.717, 1.165) is 0 Å². The molecule has 1 nitrogen and oxygen atoms in total. The lowest BCUT2D eigenvalue weighted by Gasteiger charge is -2.22. The molecule has 1 aromatic rings. The summed E-state index contributed by atoms with van der Waals surface area (Å²) in [6.45, 7) is 0. The van der Waals surface area contributed by atoms with E-state index in [-0.39, 0.29) is 0 Å². The summed E-state index contributed by atoms with van der Waals surface area (Å²) in [6, 6.07) is 6.94. The zero-order valence-corrected chi connectivity index (χ0v) is 9.28. The Morgan fingerprint density at radius 2 is 1.69 bits per heavy atom. The van der Waals surface area contributed by atoms with Crippen LogP contribution in [0.25, 0.3) is 0 Å². The summed E-state index contributed by atoms with van der Waals surface area (Å²) in [6.07, 6.45) is 9.71. The molecule has 1 fully saturated rings. The van der Waals surface area contributed by atoms with Crippen molar-refractivity contribution in [2.45, 2.75) is 36.6 Å². The van der Waals surface area contributed by atoms with Crippen LogP contribution in [0.5, 0.6) is 0 Å². The number of halogens is 1. The Morgan fingerprint density at radius 3 is 2.38 bits per heavy atom. The Morgan fingerprint density at radius 1 is 1.00 bits per heavy atom. The van der Waals surface area contributed by atoms with Crippen molar-refractivity contribution < 1.29 is 4.57 Å².